The van der Waals surface area contributed by atoms with Crippen LogP contribution in [-0.4, -0.2) is 38.1 Å². The molecule has 1 amide bonds. The number of rotatable bonds is 4. The standard InChI is InChI=1S/C21H21FN2O3S/c1-15(25)24-10-8-16(9-11-24)14-28(26,27)19-5-3-18(4-6-19)20-7-2-17(13-23)12-21(20)22/h2-7,12,16H,8-11,14H2,1H3. The first-order chi connectivity index (χ1) is 13.3. The van der Waals surface area contributed by atoms with Gasteiger partial charge in [0.15, 0.2) is 9.84 Å². The molecule has 0 radical (unpaired) electrons. The Hall–Kier alpha value is -2.72. The van der Waals surface area contributed by atoms with Crippen LogP contribution in [0.5, 0.6) is 0 Å². The maximum Gasteiger partial charge on any atom is 0.219 e. The van der Waals surface area contributed by atoms with Crippen molar-refractivity contribution in [3.8, 4) is 17.2 Å². The van der Waals surface area contributed by atoms with Gasteiger partial charge in [0.2, 0.25) is 5.91 Å². The third kappa shape index (κ3) is 4.39. The van der Waals surface area contributed by atoms with E-state index < -0.39 is 15.7 Å². The van der Waals surface area contributed by atoms with Gasteiger partial charge in [-0.05, 0) is 48.6 Å². The minimum absolute atomic E-state index is 0.0203. The molecule has 1 saturated heterocycles. The molecule has 0 atom stereocenters. The van der Waals surface area contributed by atoms with Gasteiger partial charge < -0.3 is 4.90 Å². The van der Waals surface area contributed by atoms with Crippen molar-refractivity contribution in [1.82, 2.24) is 4.90 Å². The number of nitrogens with zero attached hydrogens (tertiary/aromatic N) is 2. The molecule has 5 nitrogen and oxygen atoms in total. The van der Waals surface area contributed by atoms with Crippen molar-refractivity contribution in [3.05, 3.63) is 53.8 Å². The highest BCUT2D eigenvalue weighted by Gasteiger charge is 2.26. The number of carbonyl (C=O) groups is 1. The first-order valence-electron chi connectivity index (χ1n) is 9.08. The SMILES string of the molecule is CC(=O)N1CCC(CS(=O)(=O)c2ccc(-c3ccc(C#N)cc3F)cc2)CC1. The molecule has 7 heteroatoms. The van der Waals surface area contributed by atoms with E-state index in [1.54, 1.807) is 17.0 Å². The minimum atomic E-state index is -3.46. The summed E-state index contributed by atoms with van der Waals surface area (Å²) in [5.41, 5.74) is 1.10. The van der Waals surface area contributed by atoms with Crippen LogP contribution in [0.3, 0.4) is 0 Å². The van der Waals surface area contributed by atoms with Crippen LogP contribution >= 0.6 is 0 Å². The molecule has 1 aliphatic heterocycles. The lowest BCUT2D eigenvalue weighted by molar-refractivity contribution is -0.130. The van der Waals surface area contributed by atoms with E-state index in [9.17, 15) is 17.6 Å². The normalized spacial score (nSPS) is 15.2. The molecular formula is C21H21FN2O3S. The summed E-state index contributed by atoms with van der Waals surface area (Å²) in [6, 6.07) is 12.2. The summed E-state index contributed by atoms with van der Waals surface area (Å²) < 4.78 is 39.6. The van der Waals surface area contributed by atoms with Gasteiger partial charge in [0, 0.05) is 25.6 Å². The summed E-state index contributed by atoms with van der Waals surface area (Å²) in [4.78, 5) is 13.3. The Morgan fingerprint density at radius 2 is 1.82 bits per heavy atom. The van der Waals surface area contributed by atoms with Crippen molar-refractivity contribution >= 4 is 15.7 Å². The Bertz CT molecular complexity index is 1020. The summed E-state index contributed by atoms with van der Waals surface area (Å²) in [7, 11) is -3.46. The molecular weight excluding hydrogens is 379 g/mol. The molecule has 28 heavy (non-hydrogen) atoms. The van der Waals surface area contributed by atoms with Crippen molar-refractivity contribution in [2.24, 2.45) is 5.92 Å². The van der Waals surface area contributed by atoms with Gasteiger partial charge in [0.25, 0.3) is 0 Å². The molecule has 146 valence electrons. The van der Waals surface area contributed by atoms with E-state index in [1.165, 1.54) is 31.2 Å². The minimum Gasteiger partial charge on any atom is -0.343 e. The van der Waals surface area contributed by atoms with Gasteiger partial charge in [-0.2, -0.15) is 5.26 Å². The Labute approximate surface area is 164 Å². The largest absolute Gasteiger partial charge is 0.343 e. The first kappa shape index (κ1) is 20.0. The fourth-order valence-electron chi connectivity index (χ4n) is 3.48. The molecule has 0 aliphatic carbocycles. The Kier molecular flexibility index (Phi) is 5.80. The Morgan fingerprint density at radius 3 is 2.36 bits per heavy atom. The number of sulfone groups is 1. The lowest BCUT2D eigenvalue weighted by atomic mass is 9.99. The van der Waals surface area contributed by atoms with Crippen LogP contribution in [0, 0.1) is 23.1 Å². The van der Waals surface area contributed by atoms with E-state index in [0.29, 0.717) is 37.1 Å². The zero-order chi connectivity index (χ0) is 20.3. The lowest BCUT2D eigenvalue weighted by Crippen LogP contribution is -2.38. The zero-order valence-electron chi connectivity index (χ0n) is 15.6. The van der Waals surface area contributed by atoms with E-state index >= 15 is 0 Å². The van der Waals surface area contributed by atoms with Crippen LogP contribution in [0.2, 0.25) is 0 Å². The second-order valence-electron chi connectivity index (χ2n) is 7.06. The number of piperidine rings is 1. The van der Waals surface area contributed by atoms with Crippen LogP contribution in [0.25, 0.3) is 11.1 Å². The summed E-state index contributed by atoms with van der Waals surface area (Å²) in [5, 5.41) is 8.82. The third-order valence-electron chi connectivity index (χ3n) is 5.14. The van der Waals surface area contributed by atoms with E-state index in [4.69, 9.17) is 5.26 Å². The summed E-state index contributed by atoms with van der Waals surface area (Å²) >= 11 is 0. The van der Waals surface area contributed by atoms with Gasteiger partial charge in [-0.3, -0.25) is 4.79 Å². The predicted octanol–water partition coefficient (Wildman–Crippen LogP) is 3.40. The second kappa shape index (κ2) is 8.11. The Morgan fingerprint density at radius 1 is 1.18 bits per heavy atom. The van der Waals surface area contributed by atoms with Crippen LogP contribution in [0.1, 0.15) is 25.3 Å². The lowest BCUT2D eigenvalue weighted by Gasteiger charge is -2.31. The van der Waals surface area contributed by atoms with Crippen LogP contribution in [-0.2, 0) is 14.6 Å². The molecule has 2 aromatic rings. The molecule has 0 saturated carbocycles. The second-order valence-corrected chi connectivity index (χ2v) is 9.10. The summed E-state index contributed by atoms with van der Waals surface area (Å²) in [5.74, 6) is -0.432. The molecule has 0 N–H and O–H groups in total. The highest BCUT2D eigenvalue weighted by Crippen LogP contribution is 2.27. The highest BCUT2D eigenvalue weighted by molar-refractivity contribution is 7.91. The molecule has 1 aliphatic rings. The number of hydrogen-bond donors (Lipinski definition) is 0. The molecule has 1 fully saturated rings. The van der Waals surface area contributed by atoms with Crippen LogP contribution < -0.4 is 0 Å². The fraction of sp³-hybridized carbons (Fsp3) is 0.333. The van der Waals surface area contributed by atoms with Crippen molar-refractivity contribution in [2.45, 2.75) is 24.7 Å². The average Bonchev–Trinajstić information content (AvgIpc) is 2.68. The van der Waals surface area contributed by atoms with Gasteiger partial charge in [0.1, 0.15) is 5.82 Å². The van der Waals surface area contributed by atoms with E-state index in [2.05, 4.69) is 0 Å². The molecule has 0 aromatic heterocycles. The molecule has 1 heterocycles. The van der Waals surface area contributed by atoms with Gasteiger partial charge in [-0.15, -0.1) is 0 Å². The first-order valence-corrected chi connectivity index (χ1v) is 10.7. The summed E-state index contributed by atoms with van der Waals surface area (Å²) in [6.07, 6.45) is 1.35. The number of halogens is 1. The van der Waals surface area contributed by atoms with E-state index in [1.807, 2.05) is 6.07 Å². The fourth-order valence-corrected chi connectivity index (χ4v) is 5.18. The molecule has 0 spiro atoms. The molecule has 0 unspecified atom stereocenters. The van der Waals surface area contributed by atoms with Crippen LogP contribution in [0.15, 0.2) is 47.4 Å². The van der Waals surface area contributed by atoms with E-state index in [-0.39, 0.29) is 28.0 Å². The number of carbonyl (C=O) groups excluding carboxylic acids is 1. The average molecular weight is 400 g/mol. The maximum absolute atomic E-state index is 14.2. The zero-order valence-corrected chi connectivity index (χ0v) is 16.4. The monoisotopic (exact) mass is 400 g/mol. The smallest absolute Gasteiger partial charge is 0.219 e. The highest BCUT2D eigenvalue weighted by atomic mass is 32.2. The van der Waals surface area contributed by atoms with Gasteiger partial charge >= 0.3 is 0 Å². The number of nitriles is 1. The topological polar surface area (TPSA) is 78.2 Å². The quantitative estimate of drug-likeness (QED) is 0.788. The van der Waals surface area contributed by atoms with Crippen molar-refractivity contribution in [1.29, 1.82) is 5.26 Å². The van der Waals surface area contributed by atoms with Gasteiger partial charge in [-0.25, -0.2) is 12.8 Å². The Balaban J connectivity index is 1.72. The van der Waals surface area contributed by atoms with Gasteiger partial charge in [0.05, 0.1) is 22.3 Å². The van der Waals surface area contributed by atoms with Gasteiger partial charge in [-0.1, -0.05) is 18.2 Å². The number of likely N-dealkylation sites (tertiary alicyclic amines) is 1. The van der Waals surface area contributed by atoms with Crippen molar-refractivity contribution in [3.63, 3.8) is 0 Å². The molecule has 3 rings (SSSR count). The maximum atomic E-state index is 14.2. The number of amides is 1. The van der Waals surface area contributed by atoms with E-state index in [0.717, 1.165) is 6.07 Å². The van der Waals surface area contributed by atoms with Crippen LogP contribution in [0.4, 0.5) is 4.39 Å². The molecule has 0 bridgehead atoms. The van der Waals surface area contributed by atoms with Crippen molar-refractivity contribution < 1.29 is 17.6 Å². The third-order valence-corrected chi connectivity index (χ3v) is 7.04. The number of hydrogen-bond acceptors (Lipinski definition) is 4. The summed E-state index contributed by atoms with van der Waals surface area (Å²) in [6.45, 7) is 2.70. The molecule has 2 aromatic carbocycles. The predicted molar refractivity (Wildman–Crippen MR) is 104 cm³/mol. The number of benzene rings is 2. The van der Waals surface area contributed by atoms with Crippen molar-refractivity contribution in [2.75, 3.05) is 18.8 Å².